The van der Waals surface area contributed by atoms with E-state index in [-0.39, 0.29) is 12.3 Å². The van der Waals surface area contributed by atoms with E-state index >= 15 is 0 Å². The van der Waals surface area contributed by atoms with Gasteiger partial charge in [-0.1, -0.05) is 11.6 Å². The Morgan fingerprint density at radius 2 is 2.22 bits per heavy atom. The smallest absolute Gasteiger partial charge is 0.359 e. The van der Waals surface area contributed by atoms with E-state index in [0.717, 1.165) is 10.9 Å². The van der Waals surface area contributed by atoms with E-state index in [1.165, 1.54) is 0 Å². The van der Waals surface area contributed by atoms with Crippen LogP contribution >= 0.6 is 11.6 Å². The van der Waals surface area contributed by atoms with Crippen LogP contribution < -0.4 is 5.73 Å². The van der Waals surface area contributed by atoms with Crippen molar-refractivity contribution in [1.29, 1.82) is 0 Å². The van der Waals surface area contributed by atoms with Gasteiger partial charge in [-0.05, 0) is 37.6 Å². The molecule has 0 saturated carbocycles. The number of fused-ring (bicyclic) bond motifs is 1. The van der Waals surface area contributed by atoms with Crippen LogP contribution in [0.1, 0.15) is 23.0 Å². The minimum atomic E-state index is -0.510. The van der Waals surface area contributed by atoms with E-state index < -0.39 is 5.97 Å². The van der Waals surface area contributed by atoms with Crippen LogP contribution in [0.25, 0.3) is 10.9 Å². The number of hydrogen-bond donors (Lipinski definition) is 1. The van der Waals surface area contributed by atoms with Crippen LogP contribution in [0.4, 0.5) is 5.69 Å². The number of anilines is 1. The quantitative estimate of drug-likeness (QED) is 0.847. The summed E-state index contributed by atoms with van der Waals surface area (Å²) in [6.07, 6.45) is 0. The van der Waals surface area contributed by atoms with Crippen molar-refractivity contribution in [3.05, 3.63) is 34.5 Å². The molecule has 2 aromatic rings. The minimum Gasteiger partial charge on any atom is -0.461 e. The van der Waals surface area contributed by atoms with Crippen molar-refractivity contribution < 1.29 is 9.53 Å². The van der Waals surface area contributed by atoms with Crippen LogP contribution in [0.15, 0.2) is 18.2 Å². The van der Waals surface area contributed by atoms with Gasteiger partial charge in [-0.25, -0.2) is 9.78 Å². The van der Waals surface area contributed by atoms with Crippen LogP contribution in [0.2, 0.25) is 5.02 Å². The summed E-state index contributed by atoms with van der Waals surface area (Å²) in [5.74, 6) is -0.510. The summed E-state index contributed by atoms with van der Waals surface area (Å²) in [5.41, 5.74) is 7.84. The number of halogens is 1. The lowest BCUT2D eigenvalue weighted by Crippen LogP contribution is -2.10. The highest BCUT2D eigenvalue weighted by molar-refractivity contribution is 6.32. The minimum absolute atomic E-state index is 0.145. The van der Waals surface area contributed by atoms with Gasteiger partial charge in [-0.2, -0.15) is 0 Å². The number of carbonyl (C=O) groups excluding carboxylic acids is 1. The number of rotatable bonds is 2. The fourth-order valence-electron chi connectivity index (χ4n) is 1.74. The van der Waals surface area contributed by atoms with Crippen molar-refractivity contribution in [2.24, 2.45) is 0 Å². The summed E-state index contributed by atoms with van der Waals surface area (Å²) >= 11 is 6.03. The Labute approximate surface area is 110 Å². The van der Waals surface area contributed by atoms with Gasteiger partial charge < -0.3 is 10.5 Å². The van der Waals surface area contributed by atoms with Gasteiger partial charge in [0.05, 0.1) is 17.8 Å². The standard InChI is InChI=1S/C13H13ClN2O2/c1-3-18-13(17)12-10(15)6-8-7(2)9(14)4-5-11(8)16-12/h4-6H,3,15H2,1-2H3. The predicted octanol–water partition coefficient (Wildman–Crippen LogP) is 2.96. The Morgan fingerprint density at radius 1 is 1.50 bits per heavy atom. The Bertz CT molecular complexity index is 626. The third-order valence-electron chi connectivity index (χ3n) is 2.70. The zero-order valence-corrected chi connectivity index (χ0v) is 10.9. The molecular weight excluding hydrogens is 252 g/mol. The maximum Gasteiger partial charge on any atom is 0.359 e. The lowest BCUT2D eigenvalue weighted by Gasteiger charge is -2.08. The molecule has 5 heteroatoms. The number of carbonyl (C=O) groups is 1. The third kappa shape index (κ3) is 2.11. The molecule has 2 N–H and O–H groups in total. The topological polar surface area (TPSA) is 65.2 Å². The second-order valence-corrected chi connectivity index (χ2v) is 4.29. The normalized spacial score (nSPS) is 10.6. The van der Waals surface area contributed by atoms with Gasteiger partial charge in [0.25, 0.3) is 0 Å². The number of nitrogens with zero attached hydrogens (tertiary/aromatic N) is 1. The number of aromatic nitrogens is 1. The second-order valence-electron chi connectivity index (χ2n) is 3.89. The van der Waals surface area contributed by atoms with Gasteiger partial charge in [-0.3, -0.25) is 0 Å². The van der Waals surface area contributed by atoms with E-state index in [1.807, 2.05) is 6.92 Å². The molecule has 0 unspecified atom stereocenters. The molecule has 0 aliphatic carbocycles. The summed E-state index contributed by atoms with van der Waals surface area (Å²) in [6, 6.07) is 5.21. The molecule has 94 valence electrons. The predicted molar refractivity (Wildman–Crippen MR) is 71.9 cm³/mol. The van der Waals surface area contributed by atoms with E-state index in [2.05, 4.69) is 4.98 Å². The molecule has 4 nitrogen and oxygen atoms in total. The molecule has 0 saturated heterocycles. The molecule has 0 fully saturated rings. The van der Waals surface area contributed by atoms with Gasteiger partial charge >= 0.3 is 5.97 Å². The number of nitrogen functional groups attached to an aromatic ring is 1. The largest absolute Gasteiger partial charge is 0.461 e. The van der Waals surface area contributed by atoms with Gasteiger partial charge in [0.2, 0.25) is 0 Å². The number of benzene rings is 1. The van der Waals surface area contributed by atoms with E-state index in [9.17, 15) is 4.79 Å². The fourth-order valence-corrected chi connectivity index (χ4v) is 1.90. The van der Waals surface area contributed by atoms with Crippen molar-refractivity contribution in [2.75, 3.05) is 12.3 Å². The molecule has 18 heavy (non-hydrogen) atoms. The van der Waals surface area contributed by atoms with Gasteiger partial charge in [0.15, 0.2) is 5.69 Å². The summed E-state index contributed by atoms with van der Waals surface area (Å²) in [6.45, 7) is 3.91. The molecule has 0 bridgehead atoms. The first kappa shape index (κ1) is 12.6. The van der Waals surface area contributed by atoms with Crippen LogP contribution in [-0.2, 0) is 4.74 Å². The first-order valence-electron chi connectivity index (χ1n) is 5.57. The molecule has 0 atom stereocenters. The molecule has 1 heterocycles. The first-order chi connectivity index (χ1) is 8.54. The van der Waals surface area contributed by atoms with Crippen molar-refractivity contribution in [2.45, 2.75) is 13.8 Å². The molecule has 0 radical (unpaired) electrons. The van der Waals surface area contributed by atoms with Crippen LogP contribution in [0.3, 0.4) is 0 Å². The SMILES string of the molecule is CCOC(=O)c1nc2ccc(Cl)c(C)c2cc1N. The summed E-state index contributed by atoms with van der Waals surface area (Å²) in [4.78, 5) is 15.9. The number of hydrogen-bond acceptors (Lipinski definition) is 4. The number of ether oxygens (including phenoxy) is 1. The van der Waals surface area contributed by atoms with Gasteiger partial charge in [0.1, 0.15) is 0 Å². The molecule has 2 rings (SSSR count). The average molecular weight is 265 g/mol. The molecule has 0 spiro atoms. The summed E-state index contributed by atoms with van der Waals surface area (Å²) in [5, 5.41) is 1.49. The highest BCUT2D eigenvalue weighted by atomic mass is 35.5. The number of nitrogens with two attached hydrogens (primary N) is 1. The lowest BCUT2D eigenvalue weighted by molar-refractivity contribution is 0.0521. The van der Waals surface area contributed by atoms with Crippen LogP contribution in [0.5, 0.6) is 0 Å². The van der Waals surface area contributed by atoms with Crippen LogP contribution in [0, 0.1) is 6.92 Å². The van der Waals surface area contributed by atoms with Crippen LogP contribution in [-0.4, -0.2) is 17.6 Å². The molecule has 0 aliphatic rings. The number of pyridine rings is 1. The average Bonchev–Trinajstić information content (AvgIpc) is 2.34. The maximum absolute atomic E-state index is 11.7. The molecule has 1 aromatic heterocycles. The van der Waals surface area contributed by atoms with Crippen molar-refractivity contribution in [3.63, 3.8) is 0 Å². The summed E-state index contributed by atoms with van der Waals surface area (Å²) < 4.78 is 4.90. The Kier molecular flexibility index (Phi) is 3.39. The molecule has 0 aliphatic heterocycles. The second kappa shape index (κ2) is 4.82. The third-order valence-corrected chi connectivity index (χ3v) is 3.11. The van der Waals surface area contributed by atoms with Crippen molar-refractivity contribution >= 4 is 34.2 Å². The summed E-state index contributed by atoms with van der Waals surface area (Å²) in [7, 11) is 0. The first-order valence-corrected chi connectivity index (χ1v) is 5.94. The van der Waals surface area contributed by atoms with Crippen molar-refractivity contribution in [1.82, 2.24) is 4.98 Å². The maximum atomic E-state index is 11.7. The van der Waals surface area contributed by atoms with Gasteiger partial charge in [0, 0.05) is 10.4 Å². The monoisotopic (exact) mass is 264 g/mol. The zero-order valence-electron chi connectivity index (χ0n) is 10.2. The lowest BCUT2D eigenvalue weighted by atomic mass is 10.1. The zero-order chi connectivity index (χ0) is 13.3. The highest BCUT2D eigenvalue weighted by Gasteiger charge is 2.15. The Hall–Kier alpha value is -1.81. The molecule has 0 amide bonds. The number of esters is 1. The van der Waals surface area contributed by atoms with Crippen molar-refractivity contribution in [3.8, 4) is 0 Å². The van der Waals surface area contributed by atoms with E-state index in [4.69, 9.17) is 22.1 Å². The molecule has 1 aromatic carbocycles. The Balaban J connectivity index is 2.63. The molecular formula is C13H13ClN2O2. The highest BCUT2D eigenvalue weighted by Crippen LogP contribution is 2.27. The van der Waals surface area contributed by atoms with Gasteiger partial charge in [-0.15, -0.1) is 0 Å². The fraction of sp³-hybridized carbons (Fsp3) is 0.231. The number of aryl methyl sites for hydroxylation is 1. The van der Waals surface area contributed by atoms with E-state index in [0.29, 0.717) is 16.2 Å². The van der Waals surface area contributed by atoms with E-state index in [1.54, 1.807) is 25.1 Å². The Morgan fingerprint density at radius 3 is 2.89 bits per heavy atom.